The maximum absolute atomic E-state index is 5.28. The third kappa shape index (κ3) is 2.27. The Labute approximate surface area is 112 Å². The van der Waals surface area contributed by atoms with Gasteiger partial charge in [0.25, 0.3) is 0 Å². The molecular weight excluding hydrogens is 236 g/mol. The number of aryl methyl sites for hydroxylation is 2. The van der Waals surface area contributed by atoms with Crippen molar-refractivity contribution in [2.24, 2.45) is 0 Å². The summed E-state index contributed by atoms with van der Waals surface area (Å²) in [7, 11) is 0. The van der Waals surface area contributed by atoms with Gasteiger partial charge >= 0.3 is 0 Å². The Morgan fingerprint density at radius 3 is 2.26 bits per heavy atom. The van der Waals surface area contributed by atoms with Gasteiger partial charge in [0.05, 0.1) is 6.20 Å². The van der Waals surface area contributed by atoms with E-state index < -0.39 is 0 Å². The Morgan fingerprint density at radius 1 is 0.895 bits per heavy atom. The lowest BCUT2D eigenvalue weighted by atomic mass is 10.0. The predicted molar refractivity (Wildman–Crippen MR) is 74.6 cm³/mol. The third-order valence-electron chi connectivity index (χ3n) is 3.10. The van der Waals surface area contributed by atoms with Gasteiger partial charge in [-0.05, 0) is 37.6 Å². The predicted octanol–water partition coefficient (Wildman–Crippen LogP) is 4.02. The van der Waals surface area contributed by atoms with Gasteiger partial charge in [-0.3, -0.25) is 4.98 Å². The number of oxazole rings is 1. The van der Waals surface area contributed by atoms with E-state index in [2.05, 4.69) is 28.2 Å². The number of hydrogen-bond donors (Lipinski definition) is 0. The Bertz CT molecular complexity index is 685. The van der Waals surface area contributed by atoms with Crippen molar-refractivity contribution in [3.05, 3.63) is 60.2 Å². The van der Waals surface area contributed by atoms with Gasteiger partial charge in [-0.15, -0.1) is 0 Å². The number of nitrogens with zero attached hydrogens (tertiary/aromatic N) is 2. The first-order valence-corrected chi connectivity index (χ1v) is 6.18. The minimum absolute atomic E-state index is 0.644. The molecule has 0 unspecified atom stereocenters. The summed E-state index contributed by atoms with van der Waals surface area (Å²) in [5, 5.41) is 0. The second-order valence-corrected chi connectivity index (χ2v) is 4.50. The van der Waals surface area contributed by atoms with Crippen molar-refractivity contribution < 1.29 is 4.42 Å². The maximum atomic E-state index is 5.28. The van der Waals surface area contributed by atoms with Crippen molar-refractivity contribution in [2.45, 2.75) is 13.8 Å². The molecule has 0 N–H and O–H groups in total. The molecule has 0 bridgehead atoms. The average molecular weight is 250 g/mol. The van der Waals surface area contributed by atoms with Gasteiger partial charge in [0, 0.05) is 22.5 Å². The molecule has 3 aromatic rings. The van der Waals surface area contributed by atoms with Gasteiger partial charge in [-0.25, -0.2) is 4.98 Å². The van der Waals surface area contributed by atoms with Crippen LogP contribution in [0, 0.1) is 13.8 Å². The summed E-state index contributed by atoms with van der Waals surface area (Å²) >= 11 is 0. The number of hydrogen-bond acceptors (Lipinski definition) is 3. The van der Waals surface area contributed by atoms with E-state index in [4.69, 9.17) is 4.42 Å². The number of pyridine rings is 1. The van der Waals surface area contributed by atoms with Crippen LogP contribution in [0.25, 0.3) is 22.6 Å². The van der Waals surface area contributed by atoms with E-state index in [-0.39, 0.29) is 0 Å². The van der Waals surface area contributed by atoms with Crippen molar-refractivity contribution in [2.75, 3.05) is 0 Å². The van der Waals surface area contributed by atoms with Crippen LogP contribution in [-0.2, 0) is 0 Å². The van der Waals surface area contributed by atoms with Crippen LogP contribution in [0.5, 0.6) is 0 Å². The van der Waals surface area contributed by atoms with Gasteiger partial charge in [0.2, 0.25) is 5.89 Å². The van der Waals surface area contributed by atoms with Crippen LogP contribution in [-0.4, -0.2) is 9.97 Å². The lowest BCUT2D eigenvalue weighted by Crippen LogP contribution is -1.90. The summed E-state index contributed by atoms with van der Waals surface area (Å²) in [6.45, 7) is 4.03. The number of benzene rings is 1. The Hall–Kier alpha value is -2.42. The zero-order valence-corrected chi connectivity index (χ0v) is 10.9. The van der Waals surface area contributed by atoms with Crippen molar-refractivity contribution in [1.29, 1.82) is 0 Å². The first-order valence-electron chi connectivity index (χ1n) is 6.18. The molecule has 0 saturated heterocycles. The van der Waals surface area contributed by atoms with Crippen LogP contribution < -0.4 is 0 Å². The van der Waals surface area contributed by atoms with E-state index in [0.717, 1.165) is 28.1 Å². The third-order valence-corrected chi connectivity index (χ3v) is 3.10. The molecule has 0 atom stereocenters. The second-order valence-electron chi connectivity index (χ2n) is 4.50. The maximum Gasteiger partial charge on any atom is 0.225 e. The highest BCUT2D eigenvalue weighted by atomic mass is 16.3. The minimum Gasteiger partial charge on any atom is -0.445 e. The molecular formula is C16H14N2O. The highest BCUT2D eigenvalue weighted by Gasteiger charge is 2.05. The van der Waals surface area contributed by atoms with E-state index in [9.17, 15) is 0 Å². The van der Waals surface area contributed by atoms with Crippen LogP contribution in [0.2, 0.25) is 0 Å². The first-order chi connectivity index (χ1) is 9.24. The Balaban J connectivity index is 1.98. The average Bonchev–Trinajstić information content (AvgIpc) is 2.93. The monoisotopic (exact) mass is 250 g/mol. The standard InChI is InChI=1S/C16H14N2O/c1-11-3-8-15(12(2)18-11)13-4-6-14(7-5-13)16-17-9-10-19-16/h3-10H,1-2H3. The molecule has 0 aliphatic rings. The molecule has 0 fully saturated rings. The normalized spacial score (nSPS) is 10.6. The van der Waals surface area contributed by atoms with Crippen LogP contribution >= 0.6 is 0 Å². The van der Waals surface area contributed by atoms with Crippen LogP contribution in [0.4, 0.5) is 0 Å². The smallest absolute Gasteiger partial charge is 0.225 e. The van der Waals surface area contributed by atoms with Gasteiger partial charge < -0.3 is 4.42 Å². The van der Waals surface area contributed by atoms with Crippen LogP contribution in [0.3, 0.4) is 0 Å². The fourth-order valence-electron chi connectivity index (χ4n) is 2.15. The molecule has 0 amide bonds. The molecule has 0 radical (unpaired) electrons. The molecule has 19 heavy (non-hydrogen) atoms. The minimum atomic E-state index is 0.644. The fourth-order valence-corrected chi connectivity index (χ4v) is 2.15. The van der Waals surface area contributed by atoms with Gasteiger partial charge in [-0.1, -0.05) is 18.2 Å². The van der Waals surface area contributed by atoms with E-state index in [1.807, 2.05) is 32.0 Å². The number of aromatic nitrogens is 2. The summed E-state index contributed by atoms with van der Waals surface area (Å²) in [6, 6.07) is 12.3. The first kappa shape index (κ1) is 11.7. The van der Waals surface area contributed by atoms with Crippen molar-refractivity contribution in [1.82, 2.24) is 9.97 Å². The molecule has 0 spiro atoms. The second kappa shape index (κ2) is 4.69. The molecule has 94 valence electrons. The highest BCUT2D eigenvalue weighted by molar-refractivity contribution is 5.69. The van der Waals surface area contributed by atoms with E-state index in [1.54, 1.807) is 12.5 Å². The van der Waals surface area contributed by atoms with E-state index >= 15 is 0 Å². The molecule has 3 rings (SSSR count). The quantitative estimate of drug-likeness (QED) is 0.689. The van der Waals surface area contributed by atoms with Crippen molar-refractivity contribution in [3.63, 3.8) is 0 Å². The van der Waals surface area contributed by atoms with E-state index in [1.165, 1.54) is 0 Å². The van der Waals surface area contributed by atoms with Crippen LogP contribution in [0.15, 0.2) is 53.3 Å². The van der Waals surface area contributed by atoms with Crippen molar-refractivity contribution in [3.8, 4) is 22.6 Å². The van der Waals surface area contributed by atoms with Crippen LogP contribution in [0.1, 0.15) is 11.4 Å². The zero-order valence-electron chi connectivity index (χ0n) is 10.9. The highest BCUT2D eigenvalue weighted by Crippen LogP contribution is 2.25. The molecule has 2 heterocycles. The topological polar surface area (TPSA) is 38.9 Å². The van der Waals surface area contributed by atoms with Crippen molar-refractivity contribution >= 4 is 0 Å². The Morgan fingerprint density at radius 2 is 1.63 bits per heavy atom. The molecule has 0 aliphatic heterocycles. The SMILES string of the molecule is Cc1ccc(-c2ccc(-c3ncco3)cc2)c(C)n1. The van der Waals surface area contributed by atoms with E-state index in [0.29, 0.717) is 5.89 Å². The molecule has 0 aliphatic carbocycles. The molecule has 2 aromatic heterocycles. The summed E-state index contributed by atoms with van der Waals surface area (Å²) in [6.07, 6.45) is 3.23. The summed E-state index contributed by atoms with van der Waals surface area (Å²) in [5.41, 5.74) is 5.37. The van der Waals surface area contributed by atoms with Gasteiger partial charge in [0.15, 0.2) is 0 Å². The summed E-state index contributed by atoms with van der Waals surface area (Å²) < 4.78 is 5.28. The molecule has 3 heteroatoms. The lowest BCUT2D eigenvalue weighted by Gasteiger charge is -2.06. The summed E-state index contributed by atoms with van der Waals surface area (Å²) in [5.74, 6) is 0.644. The number of rotatable bonds is 2. The van der Waals surface area contributed by atoms with Gasteiger partial charge in [0.1, 0.15) is 6.26 Å². The lowest BCUT2D eigenvalue weighted by molar-refractivity contribution is 0.574. The Kier molecular flexibility index (Phi) is 2.88. The zero-order chi connectivity index (χ0) is 13.2. The fraction of sp³-hybridized carbons (Fsp3) is 0.125. The van der Waals surface area contributed by atoms with Gasteiger partial charge in [-0.2, -0.15) is 0 Å². The summed E-state index contributed by atoms with van der Waals surface area (Å²) in [4.78, 5) is 8.63. The largest absolute Gasteiger partial charge is 0.445 e. The molecule has 1 aromatic carbocycles. The molecule has 0 saturated carbocycles. The molecule has 3 nitrogen and oxygen atoms in total.